The molecule has 1 saturated carbocycles. The molecule has 0 aliphatic heterocycles. The average Bonchev–Trinajstić information content (AvgIpc) is 2.25. The molecule has 15 heavy (non-hydrogen) atoms. The van der Waals surface area contributed by atoms with Crippen molar-refractivity contribution >= 4 is 17.3 Å². The highest BCUT2D eigenvalue weighted by atomic mass is 35.5. The van der Waals surface area contributed by atoms with E-state index in [-0.39, 0.29) is 11.2 Å². The molecule has 0 bridgehead atoms. The number of nitrogens with two attached hydrogens (primary N) is 1. The molecule has 1 fully saturated rings. The summed E-state index contributed by atoms with van der Waals surface area (Å²) in [4.78, 5) is 14.2. The number of anilines is 1. The maximum atomic E-state index is 11.4. The summed E-state index contributed by atoms with van der Waals surface area (Å²) in [5.41, 5.74) is 6.33. The van der Waals surface area contributed by atoms with Gasteiger partial charge in [-0.2, -0.15) is 0 Å². The van der Waals surface area contributed by atoms with Crippen molar-refractivity contribution in [3.05, 3.63) is 27.1 Å². The van der Waals surface area contributed by atoms with Gasteiger partial charge in [-0.1, -0.05) is 30.9 Å². The summed E-state index contributed by atoms with van der Waals surface area (Å²) in [6, 6.07) is 1.56. The predicted molar refractivity (Wildman–Crippen MR) is 62.3 cm³/mol. The summed E-state index contributed by atoms with van der Waals surface area (Å²) in [6.45, 7) is 0. The number of nitrogens with one attached hydrogen (secondary N) is 1. The zero-order chi connectivity index (χ0) is 10.8. The molecule has 4 heteroatoms. The number of aromatic amines is 1. The molecule has 3 N–H and O–H groups in total. The Balaban J connectivity index is 2.34. The van der Waals surface area contributed by atoms with Gasteiger partial charge in [-0.3, -0.25) is 4.79 Å². The zero-order valence-corrected chi connectivity index (χ0v) is 9.31. The van der Waals surface area contributed by atoms with E-state index in [1.54, 1.807) is 6.07 Å². The molecule has 1 aliphatic rings. The van der Waals surface area contributed by atoms with E-state index in [1.165, 1.54) is 19.3 Å². The van der Waals surface area contributed by atoms with E-state index >= 15 is 0 Å². The van der Waals surface area contributed by atoms with Gasteiger partial charge < -0.3 is 10.7 Å². The van der Waals surface area contributed by atoms with Crippen molar-refractivity contribution in [2.75, 3.05) is 5.73 Å². The van der Waals surface area contributed by atoms with Crippen LogP contribution in [0, 0.1) is 0 Å². The van der Waals surface area contributed by atoms with Crippen molar-refractivity contribution in [1.82, 2.24) is 4.98 Å². The lowest BCUT2D eigenvalue weighted by Crippen LogP contribution is -2.17. The topological polar surface area (TPSA) is 58.9 Å². The molecule has 0 radical (unpaired) electrons. The van der Waals surface area contributed by atoms with E-state index < -0.39 is 0 Å². The third-order valence-electron chi connectivity index (χ3n) is 3.06. The van der Waals surface area contributed by atoms with Crippen molar-refractivity contribution in [1.29, 1.82) is 0 Å². The molecule has 0 saturated heterocycles. The molecule has 0 amide bonds. The fraction of sp³-hybridized carbons (Fsp3) is 0.545. The summed E-state index contributed by atoms with van der Waals surface area (Å²) in [5, 5.41) is 0.596. The second-order valence-electron chi connectivity index (χ2n) is 4.15. The molecule has 82 valence electrons. The maximum Gasteiger partial charge on any atom is 0.271 e. The number of nitrogen functional groups attached to an aromatic ring is 1. The second-order valence-corrected chi connectivity index (χ2v) is 4.56. The molecule has 1 heterocycles. The Morgan fingerprint density at radius 1 is 1.33 bits per heavy atom. The van der Waals surface area contributed by atoms with Gasteiger partial charge >= 0.3 is 0 Å². The predicted octanol–water partition coefficient (Wildman–Crippen LogP) is 2.66. The molecule has 2 rings (SSSR count). The van der Waals surface area contributed by atoms with E-state index in [4.69, 9.17) is 17.3 Å². The van der Waals surface area contributed by atoms with E-state index in [9.17, 15) is 4.79 Å². The molecule has 3 nitrogen and oxygen atoms in total. The number of rotatable bonds is 1. The lowest BCUT2D eigenvalue weighted by Gasteiger charge is -2.22. The Bertz CT molecular complexity index is 408. The van der Waals surface area contributed by atoms with Gasteiger partial charge in [-0.25, -0.2) is 0 Å². The number of hydrogen-bond acceptors (Lipinski definition) is 2. The van der Waals surface area contributed by atoms with Gasteiger partial charge in [0.2, 0.25) is 0 Å². The van der Waals surface area contributed by atoms with Crippen LogP contribution in [0.15, 0.2) is 10.9 Å². The maximum absolute atomic E-state index is 11.4. The van der Waals surface area contributed by atoms with Crippen LogP contribution in [0.2, 0.25) is 5.02 Å². The summed E-state index contributed by atoms with van der Waals surface area (Å²) >= 11 is 6.08. The molecule has 1 aliphatic carbocycles. The molecule has 0 unspecified atom stereocenters. The van der Waals surface area contributed by atoms with E-state index in [1.807, 2.05) is 0 Å². The molecular formula is C11H15ClN2O. The number of halogens is 1. The first-order valence-corrected chi connectivity index (χ1v) is 5.74. The van der Waals surface area contributed by atoms with E-state index in [0.717, 1.165) is 18.5 Å². The van der Waals surface area contributed by atoms with Crippen LogP contribution in [0.1, 0.15) is 43.7 Å². The fourth-order valence-corrected chi connectivity index (χ4v) is 2.54. The first-order valence-electron chi connectivity index (χ1n) is 5.36. The summed E-state index contributed by atoms with van der Waals surface area (Å²) in [5.74, 6) is 0.402. The van der Waals surface area contributed by atoms with Gasteiger partial charge in [-0.05, 0) is 18.9 Å². The van der Waals surface area contributed by atoms with Crippen LogP contribution in [0.3, 0.4) is 0 Å². The minimum absolute atomic E-state index is 0.194. The Kier molecular flexibility index (Phi) is 3.00. The molecule has 0 atom stereocenters. The van der Waals surface area contributed by atoms with Crippen molar-refractivity contribution < 1.29 is 0 Å². The Hall–Kier alpha value is -0.960. The first-order chi connectivity index (χ1) is 7.18. The van der Waals surface area contributed by atoms with Crippen LogP contribution in [0.4, 0.5) is 5.69 Å². The van der Waals surface area contributed by atoms with Crippen LogP contribution in [-0.2, 0) is 0 Å². The van der Waals surface area contributed by atoms with Crippen molar-refractivity contribution in [3.8, 4) is 0 Å². The highest BCUT2D eigenvalue weighted by Crippen LogP contribution is 2.34. The third kappa shape index (κ3) is 2.17. The quantitative estimate of drug-likeness (QED) is 0.774. The van der Waals surface area contributed by atoms with E-state index in [0.29, 0.717) is 10.9 Å². The van der Waals surface area contributed by atoms with Crippen molar-refractivity contribution in [2.45, 2.75) is 38.0 Å². The van der Waals surface area contributed by atoms with E-state index in [2.05, 4.69) is 4.98 Å². The first kappa shape index (κ1) is 10.6. The number of aromatic nitrogens is 1. The van der Waals surface area contributed by atoms with Crippen LogP contribution < -0.4 is 11.3 Å². The molecule has 1 aromatic heterocycles. The van der Waals surface area contributed by atoms with Crippen LogP contribution >= 0.6 is 11.6 Å². The van der Waals surface area contributed by atoms with Gasteiger partial charge in [0.1, 0.15) is 0 Å². The highest BCUT2D eigenvalue weighted by molar-refractivity contribution is 6.31. The fourth-order valence-electron chi connectivity index (χ4n) is 2.22. The lowest BCUT2D eigenvalue weighted by atomic mass is 9.86. The standard InChI is InChI=1S/C11H15ClN2O/c12-8-6-9(13)11(15)14-10(8)7-4-2-1-3-5-7/h6-7H,1-5,13H2,(H,14,15). The Morgan fingerprint density at radius 3 is 2.67 bits per heavy atom. The van der Waals surface area contributed by atoms with Crippen LogP contribution in [0.5, 0.6) is 0 Å². The lowest BCUT2D eigenvalue weighted by molar-refractivity contribution is 0.436. The van der Waals surface area contributed by atoms with Gasteiger partial charge in [0.05, 0.1) is 10.7 Å². The molecule has 1 aromatic rings. The van der Waals surface area contributed by atoms with Crippen LogP contribution in [-0.4, -0.2) is 4.98 Å². The summed E-state index contributed by atoms with van der Waals surface area (Å²) in [6.07, 6.45) is 5.94. The largest absolute Gasteiger partial charge is 0.394 e. The highest BCUT2D eigenvalue weighted by Gasteiger charge is 2.19. The summed E-state index contributed by atoms with van der Waals surface area (Å²) in [7, 11) is 0. The third-order valence-corrected chi connectivity index (χ3v) is 3.38. The minimum Gasteiger partial charge on any atom is -0.394 e. The Labute approximate surface area is 93.6 Å². The number of pyridine rings is 1. The minimum atomic E-state index is -0.222. The van der Waals surface area contributed by atoms with Gasteiger partial charge in [0.15, 0.2) is 0 Å². The Morgan fingerprint density at radius 2 is 2.00 bits per heavy atom. The monoisotopic (exact) mass is 226 g/mol. The smallest absolute Gasteiger partial charge is 0.271 e. The van der Waals surface area contributed by atoms with Gasteiger partial charge in [0.25, 0.3) is 5.56 Å². The van der Waals surface area contributed by atoms with Crippen molar-refractivity contribution in [2.24, 2.45) is 0 Å². The number of hydrogen-bond donors (Lipinski definition) is 2. The number of H-pyrrole nitrogens is 1. The average molecular weight is 227 g/mol. The molecule has 0 spiro atoms. The SMILES string of the molecule is Nc1cc(Cl)c(C2CCCCC2)[nH]c1=O. The van der Waals surface area contributed by atoms with Gasteiger partial charge in [-0.15, -0.1) is 0 Å². The second kappa shape index (κ2) is 4.27. The van der Waals surface area contributed by atoms with Gasteiger partial charge in [0, 0.05) is 11.6 Å². The summed E-state index contributed by atoms with van der Waals surface area (Å²) < 4.78 is 0. The van der Waals surface area contributed by atoms with Crippen LogP contribution in [0.25, 0.3) is 0 Å². The molecule has 0 aromatic carbocycles. The molecular weight excluding hydrogens is 212 g/mol. The zero-order valence-electron chi connectivity index (χ0n) is 8.55. The normalized spacial score (nSPS) is 17.9. The van der Waals surface area contributed by atoms with Crippen molar-refractivity contribution in [3.63, 3.8) is 0 Å².